The van der Waals surface area contributed by atoms with Crippen molar-refractivity contribution in [1.82, 2.24) is 0 Å². The third-order valence-corrected chi connectivity index (χ3v) is 3.20. The van der Waals surface area contributed by atoms with E-state index in [9.17, 15) is 18.0 Å². The molecule has 0 radical (unpaired) electrons. The van der Waals surface area contributed by atoms with E-state index in [2.05, 4.69) is 4.74 Å². The highest BCUT2D eigenvalue weighted by molar-refractivity contribution is 5.79. The maximum absolute atomic E-state index is 13.1. The van der Waals surface area contributed by atoms with Gasteiger partial charge in [0.25, 0.3) is 0 Å². The molecule has 5 heteroatoms. The van der Waals surface area contributed by atoms with Gasteiger partial charge in [0.15, 0.2) is 5.92 Å². The van der Waals surface area contributed by atoms with Crippen LogP contribution in [0.4, 0.5) is 13.2 Å². The van der Waals surface area contributed by atoms with Crippen LogP contribution in [0.5, 0.6) is 0 Å². The van der Waals surface area contributed by atoms with Crippen LogP contribution < -0.4 is 0 Å². The molecule has 22 heavy (non-hydrogen) atoms. The molecule has 2 rings (SSSR count). The molecule has 0 heterocycles. The average Bonchev–Trinajstić information content (AvgIpc) is 2.48. The van der Waals surface area contributed by atoms with Crippen molar-refractivity contribution in [2.24, 2.45) is 0 Å². The van der Waals surface area contributed by atoms with Gasteiger partial charge >= 0.3 is 12.1 Å². The van der Waals surface area contributed by atoms with Crippen LogP contribution >= 0.6 is 0 Å². The number of rotatable bonds is 4. The minimum atomic E-state index is -4.68. The van der Waals surface area contributed by atoms with Crippen molar-refractivity contribution in [3.63, 3.8) is 0 Å². The molecule has 0 saturated heterocycles. The average molecular weight is 308 g/mol. The molecule has 0 aliphatic rings. The molecule has 116 valence electrons. The lowest BCUT2D eigenvalue weighted by Crippen LogP contribution is -2.30. The first kappa shape index (κ1) is 16.1. The number of hydrogen-bond acceptors (Lipinski definition) is 2. The van der Waals surface area contributed by atoms with E-state index < -0.39 is 18.1 Å². The fourth-order valence-corrected chi connectivity index (χ4v) is 2.18. The van der Waals surface area contributed by atoms with Crippen LogP contribution in [-0.2, 0) is 9.53 Å². The molecule has 0 bridgehead atoms. The van der Waals surface area contributed by atoms with Crippen molar-refractivity contribution >= 4 is 5.97 Å². The van der Waals surface area contributed by atoms with Crippen molar-refractivity contribution in [3.8, 4) is 11.1 Å². The minimum Gasteiger partial charge on any atom is -0.465 e. The number of ether oxygens (including phenoxy) is 1. The van der Waals surface area contributed by atoms with Crippen molar-refractivity contribution in [2.75, 3.05) is 6.61 Å². The first-order chi connectivity index (χ1) is 10.4. The summed E-state index contributed by atoms with van der Waals surface area (Å²) in [5.74, 6) is -3.53. The van der Waals surface area contributed by atoms with Gasteiger partial charge in [-0.3, -0.25) is 4.79 Å². The Morgan fingerprint density at radius 2 is 1.55 bits per heavy atom. The van der Waals surface area contributed by atoms with Crippen LogP contribution in [0.2, 0.25) is 0 Å². The molecule has 0 saturated carbocycles. The highest BCUT2D eigenvalue weighted by Gasteiger charge is 2.47. The SMILES string of the molecule is CCOC(=O)C(c1ccc(-c2ccccc2)cc1)C(F)(F)F. The number of alkyl halides is 3. The second kappa shape index (κ2) is 6.64. The van der Waals surface area contributed by atoms with Gasteiger partial charge in [-0.1, -0.05) is 54.6 Å². The molecule has 0 spiro atoms. The summed E-state index contributed by atoms with van der Waals surface area (Å²) < 4.78 is 43.8. The summed E-state index contributed by atoms with van der Waals surface area (Å²) in [4.78, 5) is 11.6. The summed E-state index contributed by atoms with van der Waals surface area (Å²) in [7, 11) is 0. The van der Waals surface area contributed by atoms with Gasteiger partial charge in [-0.2, -0.15) is 13.2 Å². The molecule has 2 aromatic rings. The van der Waals surface area contributed by atoms with Gasteiger partial charge in [0.2, 0.25) is 0 Å². The Morgan fingerprint density at radius 1 is 1.00 bits per heavy atom. The number of hydrogen-bond donors (Lipinski definition) is 0. The maximum atomic E-state index is 13.1. The van der Waals surface area contributed by atoms with Gasteiger partial charge in [0.05, 0.1) is 6.61 Å². The molecule has 0 N–H and O–H groups in total. The smallest absolute Gasteiger partial charge is 0.406 e. The molecule has 2 aromatic carbocycles. The first-order valence-corrected chi connectivity index (χ1v) is 6.82. The van der Waals surface area contributed by atoms with E-state index in [0.717, 1.165) is 11.1 Å². The van der Waals surface area contributed by atoms with Gasteiger partial charge in [-0.25, -0.2) is 0 Å². The van der Waals surface area contributed by atoms with Crippen LogP contribution in [-0.4, -0.2) is 18.8 Å². The summed E-state index contributed by atoms with van der Waals surface area (Å²) in [6, 6.07) is 15.1. The lowest BCUT2D eigenvalue weighted by molar-refractivity contribution is -0.180. The molecule has 0 fully saturated rings. The number of carbonyl (C=O) groups excluding carboxylic acids is 1. The maximum Gasteiger partial charge on any atom is 0.406 e. The number of esters is 1. The lowest BCUT2D eigenvalue weighted by atomic mass is 9.95. The molecule has 2 nitrogen and oxygen atoms in total. The van der Waals surface area contributed by atoms with Crippen LogP contribution in [0.1, 0.15) is 18.4 Å². The first-order valence-electron chi connectivity index (χ1n) is 6.82. The highest BCUT2D eigenvalue weighted by atomic mass is 19.4. The zero-order valence-corrected chi connectivity index (χ0v) is 11.9. The Bertz CT molecular complexity index is 619. The van der Waals surface area contributed by atoms with E-state index in [1.54, 1.807) is 12.1 Å². The Labute approximate surface area is 126 Å². The van der Waals surface area contributed by atoms with Gasteiger partial charge in [0, 0.05) is 0 Å². The fourth-order valence-electron chi connectivity index (χ4n) is 2.18. The summed E-state index contributed by atoms with van der Waals surface area (Å²) in [6.45, 7) is 1.39. The summed E-state index contributed by atoms with van der Waals surface area (Å²) in [6.07, 6.45) is -4.68. The molecule has 0 aromatic heterocycles. The van der Waals surface area contributed by atoms with Crippen molar-refractivity contribution in [3.05, 3.63) is 60.2 Å². The van der Waals surface area contributed by atoms with Crippen LogP contribution in [0, 0.1) is 0 Å². The second-order valence-corrected chi connectivity index (χ2v) is 4.71. The third-order valence-electron chi connectivity index (χ3n) is 3.20. The number of halogens is 3. The standard InChI is InChI=1S/C17H15F3O2/c1-2-22-16(21)15(17(18,19)20)14-10-8-13(9-11-14)12-6-4-3-5-7-12/h3-11,15H,2H2,1H3. The Morgan fingerprint density at radius 3 is 2.05 bits per heavy atom. The van der Waals surface area contributed by atoms with E-state index in [0.29, 0.717) is 0 Å². The molecule has 0 aliphatic carbocycles. The van der Waals surface area contributed by atoms with Crippen LogP contribution in [0.3, 0.4) is 0 Å². The Kier molecular flexibility index (Phi) is 4.85. The second-order valence-electron chi connectivity index (χ2n) is 4.71. The molecule has 1 atom stereocenters. The van der Waals surface area contributed by atoms with E-state index in [-0.39, 0.29) is 12.2 Å². The molecular formula is C17H15F3O2. The molecule has 0 amide bonds. The zero-order valence-electron chi connectivity index (χ0n) is 11.9. The third kappa shape index (κ3) is 3.67. The predicted molar refractivity (Wildman–Crippen MR) is 77.3 cm³/mol. The van der Waals surface area contributed by atoms with Crippen molar-refractivity contribution < 1.29 is 22.7 Å². The lowest BCUT2D eigenvalue weighted by Gasteiger charge is -2.19. The van der Waals surface area contributed by atoms with Gasteiger partial charge < -0.3 is 4.74 Å². The number of benzene rings is 2. The fraction of sp³-hybridized carbons (Fsp3) is 0.235. The largest absolute Gasteiger partial charge is 0.465 e. The van der Waals surface area contributed by atoms with E-state index in [1.165, 1.54) is 19.1 Å². The Hall–Kier alpha value is -2.30. The monoisotopic (exact) mass is 308 g/mol. The van der Waals surface area contributed by atoms with Crippen LogP contribution in [0.15, 0.2) is 54.6 Å². The summed E-state index contributed by atoms with van der Waals surface area (Å²) in [5.41, 5.74) is 1.56. The zero-order chi connectivity index (χ0) is 16.2. The van der Waals surface area contributed by atoms with Crippen molar-refractivity contribution in [2.45, 2.75) is 19.0 Å². The van der Waals surface area contributed by atoms with E-state index >= 15 is 0 Å². The van der Waals surface area contributed by atoms with Gasteiger partial charge in [-0.05, 0) is 23.6 Å². The van der Waals surface area contributed by atoms with Crippen LogP contribution in [0.25, 0.3) is 11.1 Å². The summed E-state index contributed by atoms with van der Waals surface area (Å²) >= 11 is 0. The summed E-state index contributed by atoms with van der Waals surface area (Å²) in [5, 5.41) is 0. The normalized spacial score (nSPS) is 12.7. The minimum absolute atomic E-state index is 0.0898. The van der Waals surface area contributed by atoms with Gasteiger partial charge in [0.1, 0.15) is 0 Å². The molecule has 1 unspecified atom stereocenters. The van der Waals surface area contributed by atoms with E-state index in [1.807, 2.05) is 30.3 Å². The predicted octanol–water partition coefficient (Wildman–Crippen LogP) is 4.56. The van der Waals surface area contributed by atoms with Crippen molar-refractivity contribution in [1.29, 1.82) is 0 Å². The molecule has 0 aliphatic heterocycles. The topological polar surface area (TPSA) is 26.3 Å². The quantitative estimate of drug-likeness (QED) is 0.774. The van der Waals surface area contributed by atoms with E-state index in [4.69, 9.17) is 0 Å². The number of carbonyl (C=O) groups is 1. The highest BCUT2D eigenvalue weighted by Crippen LogP contribution is 2.36. The Balaban J connectivity index is 2.32. The molecular weight excluding hydrogens is 293 g/mol. The van der Waals surface area contributed by atoms with Gasteiger partial charge in [-0.15, -0.1) is 0 Å².